The van der Waals surface area contributed by atoms with E-state index < -0.39 is 24.4 Å². The summed E-state index contributed by atoms with van der Waals surface area (Å²) in [6.07, 6.45) is -1.84. The molecule has 25 heavy (non-hydrogen) atoms. The van der Waals surface area contributed by atoms with E-state index in [4.69, 9.17) is 4.74 Å². The number of benzene rings is 1. The molecule has 3 rings (SSSR count). The third kappa shape index (κ3) is 4.56. The van der Waals surface area contributed by atoms with E-state index in [2.05, 4.69) is 10.6 Å². The number of ether oxygens (including phenoxy) is 1. The molecule has 1 heterocycles. The van der Waals surface area contributed by atoms with Gasteiger partial charge in [-0.3, -0.25) is 9.59 Å². The normalized spacial score (nSPS) is 28.6. The molecule has 7 heteroatoms. The molecule has 0 unspecified atom stereocenters. The lowest BCUT2D eigenvalue weighted by atomic mass is 10.1. The van der Waals surface area contributed by atoms with E-state index in [1.54, 1.807) is 12.1 Å². The van der Waals surface area contributed by atoms with Gasteiger partial charge in [-0.05, 0) is 31.9 Å². The summed E-state index contributed by atoms with van der Waals surface area (Å²) in [4.78, 5) is 23.9. The van der Waals surface area contributed by atoms with Crippen molar-refractivity contribution in [2.75, 3.05) is 6.54 Å². The maximum atomic E-state index is 12.1. The van der Waals surface area contributed by atoms with E-state index in [0.29, 0.717) is 5.56 Å². The Morgan fingerprint density at radius 2 is 1.76 bits per heavy atom. The van der Waals surface area contributed by atoms with Crippen LogP contribution in [0, 0.1) is 6.92 Å². The quantitative estimate of drug-likeness (QED) is 0.573. The van der Waals surface area contributed by atoms with Crippen LogP contribution in [-0.4, -0.2) is 59.0 Å². The fourth-order valence-electron chi connectivity index (χ4n) is 2.86. The molecule has 136 valence electrons. The summed E-state index contributed by atoms with van der Waals surface area (Å²) in [5.41, 5.74) is 1.57. The first kappa shape index (κ1) is 17.8. The first-order valence-electron chi connectivity index (χ1n) is 8.60. The van der Waals surface area contributed by atoms with Gasteiger partial charge in [-0.1, -0.05) is 17.7 Å². The number of nitrogens with one attached hydrogen (secondary N) is 2. The molecule has 2 fully saturated rings. The highest BCUT2D eigenvalue weighted by atomic mass is 16.5. The maximum Gasteiger partial charge on any atom is 0.251 e. The van der Waals surface area contributed by atoms with Crippen LogP contribution in [0.25, 0.3) is 0 Å². The van der Waals surface area contributed by atoms with E-state index in [0.717, 1.165) is 18.4 Å². The predicted molar refractivity (Wildman–Crippen MR) is 90.0 cm³/mol. The number of rotatable bonds is 6. The number of carbonyl (C=O) groups is 2. The van der Waals surface area contributed by atoms with E-state index in [-0.39, 0.29) is 30.8 Å². The molecule has 2 amide bonds. The smallest absolute Gasteiger partial charge is 0.251 e. The summed E-state index contributed by atoms with van der Waals surface area (Å²) in [5, 5.41) is 25.7. The molecule has 1 saturated heterocycles. The van der Waals surface area contributed by atoms with Crippen molar-refractivity contribution in [3.63, 3.8) is 0 Å². The van der Waals surface area contributed by atoms with Gasteiger partial charge in [0.1, 0.15) is 18.3 Å². The van der Waals surface area contributed by atoms with Gasteiger partial charge in [-0.15, -0.1) is 0 Å². The van der Waals surface area contributed by atoms with E-state index in [1.165, 1.54) is 0 Å². The summed E-state index contributed by atoms with van der Waals surface area (Å²) >= 11 is 0. The van der Waals surface area contributed by atoms with Gasteiger partial charge in [-0.25, -0.2) is 0 Å². The number of aliphatic hydroxyl groups is 2. The topological polar surface area (TPSA) is 108 Å². The molecule has 0 bridgehead atoms. The van der Waals surface area contributed by atoms with Gasteiger partial charge in [0.15, 0.2) is 0 Å². The van der Waals surface area contributed by atoms with E-state index in [9.17, 15) is 19.8 Å². The SMILES string of the molecule is Cc1ccc(C(=O)NC[C@H]2O[C@@H](CC(=O)NC3CC3)[C@H](O)[C@@H]2O)cc1. The van der Waals surface area contributed by atoms with Crippen molar-refractivity contribution in [2.24, 2.45) is 0 Å². The summed E-state index contributed by atoms with van der Waals surface area (Å²) < 4.78 is 5.59. The Bertz CT molecular complexity index is 629. The zero-order chi connectivity index (χ0) is 18.0. The Balaban J connectivity index is 1.49. The van der Waals surface area contributed by atoms with Crippen LogP contribution in [0.2, 0.25) is 0 Å². The van der Waals surface area contributed by atoms with Crippen LogP contribution < -0.4 is 10.6 Å². The lowest BCUT2D eigenvalue weighted by Gasteiger charge is -2.15. The minimum atomic E-state index is -1.15. The summed E-state index contributed by atoms with van der Waals surface area (Å²) in [6.45, 7) is 2.00. The predicted octanol–water partition coefficient (Wildman–Crippen LogP) is -0.117. The minimum Gasteiger partial charge on any atom is -0.388 e. The summed E-state index contributed by atoms with van der Waals surface area (Å²) in [7, 11) is 0. The molecule has 4 atom stereocenters. The van der Waals surface area contributed by atoms with Crippen LogP contribution in [0.3, 0.4) is 0 Å². The molecule has 0 aromatic heterocycles. The lowest BCUT2D eigenvalue weighted by molar-refractivity contribution is -0.125. The number of hydrogen-bond acceptors (Lipinski definition) is 5. The standard InChI is InChI=1S/C18H24N2O5/c1-10-2-4-11(5-3-10)18(24)19-9-14-17(23)16(22)13(25-14)8-15(21)20-12-6-7-12/h2-5,12-14,16-17,22-23H,6-9H2,1H3,(H,19,24)(H,20,21)/t13-,14+,16-,17+/m0/s1. The zero-order valence-electron chi connectivity index (χ0n) is 14.1. The third-order valence-corrected chi connectivity index (χ3v) is 4.57. The van der Waals surface area contributed by atoms with E-state index in [1.807, 2.05) is 19.1 Å². The van der Waals surface area contributed by atoms with Crippen LogP contribution in [-0.2, 0) is 9.53 Å². The first-order chi connectivity index (χ1) is 11.9. The van der Waals surface area contributed by atoms with E-state index >= 15 is 0 Å². The minimum absolute atomic E-state index is 0.00284. The number of aryl methyl sites for hydroxylation is 1. The highest BCUT2D eigenvalue weighted by molar-refractivity contribution is 5.94. The van der Waals surface area contributed by atoms with Gasteiger partial charge in [0.25, 0.3) is 5.91 Å². The fourth-order valence-corrected chi connectivity index (χ4v) is 2.86. The Morgan fingerprint density at radius 3 is 2.40 bits per heavy atom. The maximum absolute atomic E-state index is 12.1. The van der Waals surface area contributed by atoms with Crippen molar-refractivity contribution < 1.29 is 24.5 Å². The molecule has 4 N–H and O–H groups in total. The lowest BCUT2D eigenvalue weighted by Crippen LogP contribution is -2.40. The van der Waals surface area contributed by atoms with Crippen LogP contribution in [0.15, 0.2) is 24.3 Å². The van der Waals surface area contributed by atoms with Crippen molar-refractivity contribution in [2.45, 2.75) is 56.6 Å². The van der Waals surface area contributed by atoms with Crippen LogP contribution >= 0.6 is 0 Å². The molecule has 1 aromatic carbocycles. The second-order valence-electron chi connectivity index (χ2n) is 6.82. The molecular formula is C18H24N2O5. The van der Waals surface area contributed by atoms with Crippen molar-refractivity contribution in [3.8, 4) is 0 Å². The largest absolute Gasteiger partial charge is 0.388 e. The molecular weight excluding hydrogens is 324 g/mol. The van der Waals surface area contributed by atoms with Gasteiger partial charge in [0.2, 0.25) is 5.91 Å². The summed E-state index contributed by atoms with van der Waals surface area (Å²) in [6, 6.07) is 7.36. The molecule has 1 aliphatic carbocycles. The van der Waals surface area contributed by atoms with Gasteiger partial charge in [-0.2, -0.15) is 0 Å². The molecule has 1 saturated carbocycles. The van der Waals surface area contributed by atoms with Gasteiger partial charge >= 0.3 is 0 Å². The number of aliphatic hydroxyl groups excluding tert-OH is 2. The van der Waals surface area contributed by atoms with Crippen molar-refractivity contribution >= 4 is 11.8 Å². The average molecular weight is 348 g/mol. The fraction of sp³-hybridized carbons (Fsp3) is 0.556. The van der Waals surface area contributed by atoms with Gasteiger partial charge in [0.05, 0.1) is 12.5 Å². The number of hydrogen-bond donors (Lipinski definition) is 4. The summed E-state index contributed by atoms with van der Waals surface area (Å²) in [5.74, 6) is -0.469. The number of amides is 2. The van der Waals surface area contributed by atoms with Crippen molar-refractivity contribution in [3.05, 3.63) is 35.4 Å². The van der Waals surface area contributed by atoms with Gasteiger partial charge in [0, 0.05) is 18.2 Å². The number of carbonyl (C=O) groups excluding carboxylic acids is 2. The van der Waals surface area contributed by atoms with Crippen molar-refractivity contribution in [1.82, 2.24) is 10.6 Å². The Hall–Kier alpha value is -1.96. The third-order valence-electron chi connectivity index (χ3n) is 4.57. The average Bonchev–Trinajstić information content (AvgIpc) is 3.35. The molecule has 1 aromatic rings. The van der Waals surface area contributed by atoms with Crippen LogP contribution in [0.4, 0.5) is 0 Å². The molecule has 7 nitrogen and oxygen atoms in total. The highest BCUT2D eigenvalue weighted by Crippen LogP contribution is 2.24. The van der Waals surface area contributed by atoms with Gasteiger partial charge < -0.3 is 25.6 Å². The molecule has 1 aliphatic heterocycles. The second-order valence-corrected chi connectivity index (χ2v) is 6.82. The zero-order valence-corrected chi connectivity index (χ0v) is 14.1. The molecule has 2 aliphatic rings. The van der Waals surface area contributed by atoms with Crippen LogP contribution in [0.5, 0.6) is 0 Å². The van der Waals surface area contributed by atoms with Crippen molar-refractivity contribution in [1.29, 1.82) is 0 Å². The second kappa shape index (κ2) is 7.51. The Labute approximate surface area is 146 Å². The first-order valence-corrected chi connectivity index (χ1v) is 8.60. The monoisotopic (exact) mass is 348 g/mol. The Kier molecular flexibility index (Phi) is 5.36. The Morgan fingerprint density at radius 1 is 1.12 bits per heavy atom. The highest BCUT2D eigenvalue weighted by Gasteiger charge is 2.43. The molecule has 0 radical (unpaired) electrons. The molecule has 0 spiro atoms. The van der Waals surface area contributed by atoms with Crippen LogP contribution in [0.1, 0.15) is 35.2 Å².